The highest BCUT2D eigenvalue weighted by Crippen LogP contribution is 2.73. The maximum Gasteiger partial charge on any atom is 0.0465 e. The zero-order valence-corrected chi connectivity index (χ0v) is 37.5. The summed E-state index contributed by atoms with van der Waals surface area (Å²) in [6.07, 6.45) is 5.58. The van der Waals surface area contributed by atoms with Crippen molar-refractivity contribution < 1.29 is 0 Å². The van der Waals surface area contributed by atoms with Crippen LogP contribution in [-0.4, -0.2) is 0 Å². The van der Waals surface area contributed by atoms with Crippen LogP contribution < -0.4 is 4.90 Å². The average Bonchev–Trinajstić information content (AvgIpc) is 4.06. The van der Waals surface area contributed by atoms with Crippen molar-refractivity contribution in [2.45, 2.75) is 70.4 Å². The molecule has 0 heterocycles. The molecule has 0 aliphatic heterocycles. The van der Waals surface area contributed by atoms with E-state index in [0.29, 0.717) is 5.92 Å². The van der Waals surface area contributed by atoms with E-state index < -0.39 is 10.0 Å². The van der Waals surface area contributed by atoms with Crippen molar-refractivity contribution in [1.82, 2.24) is 0 Å². The summed E-state index contributed by atoms with van der Waals surface area (Å²) in [5.74, 6) is 2.46. The molecule has 0 radical (unpaired) electrons. The van der Waals surface area contributed by atoms with Crippen LogP contribution in [0.2, 0.25) is 0 Å². The number of hydrogen-bond acceptors (Lipinski definition) is 1. The van der Waals surface area contributed by atoms with Gasteiger partial charge >= 0.3 is 0 Å². The van der Waals surface area contributed by atoms with Gasteiger partial charge in [0.25, 0.3) is 0 Å². The molecular weight excluding hydrogens is 791 g/mol. The fourth-order valence-corrected chi connectivity index (χ4v) is 15.8. The van der Waals surface area contributed by atoms with Gasteiger partial charge in [0.1, 0.15) is 0 Å². The van der Waals surface area contributed by atoms with Crippen molar-refractivity contribution >= 4 is 37.9 Å². The van der Waals surface area contributed by atoms with E-state index in [2.05, 4.69) is 237 Å². The van der Waals surface area contributed by atoms with Gasteiger partial charge in [-0.05, 0) is 178 Å². The molecule has 9 aromatic carbocycles. The normalized spacial score (nSPS) is 18.4. The number of benzene rings is 9. The molecule has 312 valence electrons. The first-order valence-electron chi connectivity index (χ1n) is 23.2. The van der Waals surface area contributed by atoms with E-state index in [-0.39, 0.29) is 5.41 Å². The average molecular weight is 844 g/mol. The number of anilines is 3. The predicted molar refractivity (Wildman–Crippen MR) is 270 cm³/mol. The first kappa shape index (κ1) is 39.0. The smallest absolute Gasteiger partial charge is 0.0465 e. The molecule has 2 saturated carbocycles. The van der Waals surface area contributed by atoms with Gasteiger partial charge in [-0.1, -0.05) is 148 Å². The molecule has 3 atom stereocenters. The fraction of sp³-hybridized carbons (Fsp3) is 0.161. The Hall–Kier alpha value is -6.61. The van der Waals surface area contributed by atoms with E-state index in [1.807, 2.05) is 0 Å². The first-order chi connectivity index (χ1) is 31.5. The van der Waals surface area contributed by atoms with Gasteiger partial charge in [0.05, 0.1) is 0 Å². The van der Waals surface area contributed by atoms with Gasteiger partial charge in [-0.2, -0.15) is 0 Å². The largest absolute Gasteiger partial charge is 0.310 e. The molecule has 9 aromatic rings. The molecule has 64 heavy (non-hydrogen) atoms. The monoisotopic (exact) mass is 843 g/mol. The second-order valence-electron chi connectivity index (χ2n) is 18.9. The maximum absolute atomic E-state index is 2.50. The molecule has 0 aromatic heterocycles. The number of hydrogen-bond donors (Lipinski definition) is 0. The minimum absolute atomic E-state index is 0.182. The minimum atomic E-state index is -1.81. The molecule has 0 amide bonds. The highest BCUT2D eigenvalue weighted by molar-refractivity contribution is 8.34. The van der Waals surface area contributed by atoms with Crippen molar-refractivity contribution in [3.63, 3.8) is 0 Å². The molecule has 0 spiro atoms. The first-order valence-corrected chi connectivity index (χ1v) is 24.9. The summed E-state index contributed by atoms with van der Waals surface area (Å²) in [7, 11) is -1.81. The summed E-state index contributed by atoms with van der Waals surface area (Å²) in [4.78, 5) is 7.81. The lowest BCUT2D eigenvalue weighted by Crippen LogP contribution is -2.16. The lowest BCUT2D eigenvalue weighted by molar-refractivity contribution is 0.420. The Kier molecular flexibility index (Phi) is 9.50. The Morgan fingerprint density at radius 3 is 1.62 bits per heavy atom. The van der Waals surface area contributed by atoms with E-state index in [1.165, 1.54) is 106 Å². The fourth-order valence-electron chi connectivity index (χ4n) is 12.0. The third-order valence-corrected chi connectivity index (χ3v) is 19.0. The Bertz CT molecular complexity index is 3040. The van der Waals surface area contributed by atoms with Crippen molar-refractivity contribution in [3.8, 4) is 22.3 Å². The second-order valence-corrected chi connectivity index (χ2v) is 22.0. The molecule has 3 aliphatic rings. The van der Waals surface area contributed by atoms with E-state index in [4.69, 9.17) is 0 Å². The highest BCUT2D eigenvalue weighted by Gasteiger charge is 2.41. The van der Waals surface area contributed by atoms with Crippen LogP contribution >= 0.6 is 10.0 Å². The maximum atomic E-state index is 2.50. The Labute approximate surface area is 380 Å². The van der Waals surface area contributed by atoms with Crippen LogP contribution in [0, 0.1) is 11.8 Å². The van der Waals surface area contributed by atoms with Gasteiger partial charge < -0.3 is 4.90 Å². The van der Waals surface area contributed by atoms with Crippen LogP contribution in [0.1, 0.15) is 62.1 Å². The van der Waals surface area contributed by atoms with Crippen molar-refractivity contribution in [3.05, 3.63) is 235 Å². The molecule has 3 aliphatic carbocycles. The third kappa shape index (κ3) is 6.29. The van der Waals surface area contributed by atoms with Crippen LogP contribution in [0.15, 0.2) is 238 Å². The van der Waals surface area contributed by atoms with Gasteiger partial charge in [-0.25, -0.2) is 0 Å². The number of nitrogens with zero attached hydrogens (tertiary/aromatic N) is 1. The van der Waals surface area contributed by atoms with Gasteiger partial charge in [-0.15, -0.1) is 10.0 Å². The molecule has 3 unspecified atom stereocenters. The number of rotatable bonds is 9. The molecule has 0 N–H and O–H groups in total. The molecule has 2 fully saturated rings. The summed E-state index contributed by atoms with van der Waals surface area (Å²) < 4.78 is 0. The lowest BCUT2D eigenvalue weighted by Gasteiger charge is -2.42. The molecule has 12 rings (SSSR count). The van der Waals surface area contributed by atoms with Gasteiger partial charge in [0.2, 0.25) is 0 Å². The van der Waals surface area contributed by atoms with Crippen LogP contribution in [0.25, 0.3) is 33.0 Å². The van der Waals surface area contributed by atoms with Gasteiger partial charge in [0, 0.05) is 42.1 Å². The molecule has 2 heteroatoms. The zero-order valence-electron chi connectivity index (χ0n) is 36.7. The summed E-state index contributed by atoms with van der Waals surface area (Å²) in [5.41, 5.74) is 12.9. The summed E-state index contributed by atoms with van der Waals surface area (Å²) in [6.45, 7) is 4.82. The van der Waals surface area contributed by atoms with E-state index in [0.717, 1.165) is 17.5 Å². The van der Waals surface area contributed by atoms with Crippen molar-refractivity contribution in [1.29, 1.82) is 0 Å². The summed E-state index contributed by atoms with van der Waals surface area (Å²) in [5, 5.41) is 2.54. The Morgan fingerprint density at radius 1 is 0.438 bits per heavy atom. The van der Waals surface area contributed by atoms with Crippen molar-refractivity contribution in [2.75, 3.05) is 4.90 Å². The second kappa shape index (κ2) is 15.6. The van der Waals surface area contributed by atoms with E-state index in [9.17, 15) is 0 Å². The SMILES string of the molecule is CC1(C)c2cc(N(c3ccc(C4CC5CCC4C5)cc3)c3ccc(S(c4ccccc4)(c4ccccc4)c4ccccc4)cc3)ccc2-c2c(-c3ccc4ccccc4c3)cccc21. The van der Waals surface area contributed by atoms with E-state index >= 15 is 0 Å². The van der Waals surface area contributed by atoms with Crippen LogP contribution in [0.5, 0.6) is 0 Å². The highest BCUT2D eigenvalue weighted by atomic mass is 32.3. The van der Waals surface area contributed by atoms with Crippen LogP contribution in [0.3, 0.4) is 0 Å². The van der Waals surface area contributed by atoms with Gasteiger partial charge in [-0.3, -0.25) is 0 Å². The molecule has 2 bridgehead atoms. The molecule has 1 nitrogen and oxygen atoms in total. The number of fused-ring (bicyclic) bond motifs is 6. The summed E-state index contributed by atoms with van der Waals surface area (Å²) >= 11 is 0. The predicted octanol–water partition coefficient (Wildman–Crippen LogP) is 17.5. The molecular formula is C62H53NS. The Morgan fingerprint density at radius 2 is 1.02 bits per heavy atom. The third-order valence-electron chi connectivity index (χ3n) is 15.1. The topological polar surface area (TPSA) is 3.24 Å². The zero-order chi connectivity index (χ0) is 42.8. The summed E-state index contributed by atoms with van der Waals surface area (Å²) in [6, 6.07) is 82.6. The Balaban J connectivity index is 1.00. The standard InChI is InChI=1S/C62H53NS/c1-62(2)59-24-14-23-56(48-28-27-44-15-12-13-16-46(44)41-48)61(59)57-38-35-51(42-60(57)62)63(49-31-29-45(30-32-49)58-40-43-25-26-47(58)39-43)50-33-36-55(37-34-50)64(52-17-6-3-7-18-52,53-19-8-4-9-20-53)54-21-10-5-11-22-54/h3-24,27-38,41-43,47,58H,25-26,39-40H2,1-2H3. The van der Waals surface area contributed by atoms with E-state index in [1.54, 1.807) is 0 Å². The van der Waals surface area contributed by atoms with Gasteiger partial charge in [0.15, 0.2) is 0 Å². The quantitative estimate of drug-likeness (QED) is 0.140. The lowest BCUT2D eigenvalue weighted by atomic mass is 9.81. The van der Waals surface area contributed by atoms with Crippen molar-refractivity contribution in [2.24, 2.45) is 11.8 Å². The van der Waals surface area contributed by atoms with Crippen LogP contribution in [-0.2, 0) is 5.41 Å². The minimum Gasteiger partial charge on any atom is -0.310 e. The van der Waals surface area contributed by atoms with Crippen LogP contribution in [0.4, 0.5) is 17.1 Å². The molecule has 0 saturated heterocycles.